The number of hydrogen-bond donors (Lipinski definition) is 0. The molecule has 0 fully saturated rings. The molecule has 0 N–H and O–H groups in total. The van der Waals surface area contributed by atoms with Crippen molar-refractivity contribution in [2.75, 3.05) is 6.61 Å². The molecule has 1 unspecified atom stereocenters. The van der Waals surface area contributed by atoms with Crippen LogP contribution in [0, 0.1) is 30.1 Å². The van der Waals surface area contributed by atoms with Gasteiger partial charge in [-0.15, -0.1) is 0 Å². The van der Waals surface area contributed by atoms with Crippen LogP contribution in [0.25, 0.3) is 0 Å². The topological polar surface area (TPSA) is 9.23 Å². The van der Waals surface area contributed by atoms with E-state index in [2.05, 4.69) is 64.7 Å². The molecule has 1 rings (SSSR count). The Kier molecular flexibility index (Phi) is 16.8. The number of unbranched alkanes of at least 4 members (excludes halogenated alkanes) is 11. The summed E-state index contributed by atoms with van der Waals surface area (Å²) in [5.41, 5.74) is 2.40. The maximum atomic E-state index is 12.1. The number of aryl methyl sites for hydroxylation is 1. The summed E-state index contributed by atoms with van der Waals surface area (Å²) >= 11 is 0. The minimum absolute atomic E-state index is 0.0495. The van der Waals surface area contributed by atoms with Gasteiger partial charge in [-0.25, -0.2) is 8.78 Å². The fraction of sp³-hybridized carbons (Fsp3) is 0.750. The lowest BCUT2D eigenvalue weighted by atomic mass is 9.78. The molecule has 0 amide bonds. The lowest BCUT2D eigenvalue weighted by Gasteiger charge is -2.26. The smallest absolute Gasteiger partial charge is 0.238 e. The van der Waals surface area contributed by atoms with E-state index in [0.717, 1.165) is 62.0 Å². The molecule has 0 saturated heterocycles. The zero-order valence-electron chi connectivity index (χ0n) is 23.4. The summed E-state index contributed by atoms with van der Waals surface area (Å²) in [6.07, 6.45) is 14.1. The highest BCUT2D eigenvalue weighted by Crippen LogP contribution is 2.30. The summed E-state index contributed by atoms with van der Waals surface area (Å²) in [4.78, 5) is 0. The predicted molar refractivity (Wildman–Crippen MR) is 147 cm³/mol. The first-order valence-electron chi connectivity index (χ1n) is 14.3. The highest BCUT2D eigenvalue weighted by atomic mass is 19.3. The van der Waals surface area contributed by atoms with Gasteiger partial charge in [-0.2, -0.15) is 0 Å². The van der Waals surface area contributed by atoms with Gasteiger partial charge < -0.3 is 4.74 Å². The van der Waals surface area contributed by atoms with Gasteiger partial charge in [-0.1, -0.05) is 110 Å². The minimum Gasteiger partial charge on any atom is -0.493 e. The zero-order valence-corrected chi connectivity index (χ0v) is 23.4. The number of hydrogen-bond acceptors (Lipinski definition) is 1. The SMILES string of the molecule is CCCCCCCCC(C#Cc1ccc(OCCCCCCCCCC(F)F)c(C)c1)C(C)(C)C. The highest BCUT2D eigenvalue weighted by molar-refractivity contribution is 5.43. The first kappa shape index (κ1) is 31.5. The van der Waals surface area contributed by atoms with Crippen molar-refractivity contribution in [3.8, 4) is 17.6 Å². The van der Waals surface area contributed by atoms with Gasteiger partial charge in [0.15, 0.2) is 0 Å². The summed E-state index contributed by atoms with van der Waals surface area (Å²) in [5.74, 6) is 8.39. The van der Waals surface area contributed by atoms with Crippen LogP contribution in [0.5, 0.6) is 5.75 Å². The van der Waals surface area contributed by atoms with Crippen LogP contribution in [0.1, 0.15) is 135 Å². The van der Waals surface area contributed by atoms with Gasteiger partial charge in [0.05, 0.1) is 6.61 Å². The number of halogens is 2. The number of benzene rings is 1. The van der Waals surface area contributed by atoms with Crippen molar-refractivity contribution in [3.63, 3.8) is 0 Å². The lowest BCUT2D eigenvalue weighted by Crippen LogP contribution is -2.18. The molecule has 0 aliphatic carbocycles. The third kappa shape index (κ3) is 15.9. The van der Waals surface area contributed by atoms with Crippen molar-refractivity contribution in [3.05, 3.63) is 29.3 Å². The third-order valence-corrected chi connectivity index (χ3v) is 6.78. The van der Waals surface area contributed by atoms with Crippen molar-refractivity contribution in [1.29, 1.82) is 0 Å². The van der Waals surface area contributed by atoms with Gasteiger partial charge in [0.2, 0.25) is 6.43 Å². The predicted octanol–water partition coefficient (Wildman–Crippen LogP) is 10.5. The Morgan fingerprint density at radius 3 is 1.94 bits per heavy atom. The fourth-order valence-corrected chi connectivity index (χ4v) is 4.38. The molecule has 1 atom stereocenters. The maximum absolute atomic E-state index is 12.1. The number of ether oxygens (including phenoxy) is 1. The van der Waals surface area contributed by atoms with Crippen molar-refractivity contribution < 1.29 is 13.5 Å². The molecule has 1 aromatic rings. The molecule has 0 bridgehead atoms. The molecule has 200 valence electrons. The Bertz CT molecular complexity index is 723. The maximum Gasteiger partial charge on any atom is 0.238 e. The van der Waals surface area contributed by atoms with E-state index in [1.165, 1.54) is 44.9 Å². The van der Waals surface area contributed by atoms with Crippen LogP contribution in [-0.4, -0.2) is 13.0 Å². The largest absolute Gasteiger partial charge is 0.493 e. The van der Waals surface area contributed by atoms with E-state index in [9.17, 15) is 8.78 Å². The van der Waals surface area contributed by atoms with E-state index in [-0.39, 0.29) is 11.8 Å². The van der Waals surface area contributed by atoms with Gasteiger partial charge in [0.25, 0.3) is 0 Å². The highest BCUT2D eigenvalue weighted by Gasteiger charge is 2.22. The van der Waals surface area contributed by atoms with Crippen LogP contribution in [-0.2, 0) is 0 Å². The summed E-state index contributed by atoms with van der Waals surface area (Å²) in [6.45, 7) is 12.0. The van der Waals surface area contributed by atoms with Crippen LogP contribution in [0.3, 0.4) is 0 Å². The van der Waals surface area contributed by atoms with Crippen LogP contribution in [0.4, 0.5) is 8.78 Å². The first-order chi connectivity index (χ1) is 16.7. The van der Waals surface area contributed by atoms with E-state index < -0.39 is 6.43 Å². The van der Waals surface area contributed by atoms with Crippen LogP contribution in [0.2, 0.25) is 0 Å². The quantitative estimate of drug-likeness (QED) is 0.147. The molecule has 35 heavy (non-hydrogen) atoms. The second-order valence-electron chi connectivity index (χ2n) is 11.2. The van der Waals surface area contributed by atoms with E-state index in [1.54, 1.807) is 0 Å². The van der Waals surface area contributed by atoms with Crippen molar-refractivity contribution in [1.82, 2.24) is 0 Å². The molecule has 0 aliphatic heterocycles. The Labute approximate surface area is 215 Å². The summed E-state index contributed by atoms with van der Waals surface area (Å²) < 4.78 is 30.2. The molecular weight excluding hydrogens is 438 g/mol. The Morgan fingerprint density at radius 2 is 1.37 bits per heavy atom. The number of alkyl halides is 2. The molecule has 0 heterocycles. The monoisotopic (exact) mass is 490 g/mol. The summed E-state index contributed by atoms with van der Waals surface area (Å²) in [5, 5.41) is 0. The molecule has 0 aliphatic rings. The van der Waals surface area contributed by atoms with Gasteiger partial charge in [0.1, 0.15) is 5.75 Å². The Balaban J connectivity index is 2.38. The Hall–Kier alpha value is -1.56. The van der Waals surface area contributed by atoms with Crippen LogP contribution in [0.15, 0.2) is 18.2 Å². The molecule has 3 heteroatoms. The van der Waals surface area contributed by atoms with E-state index in [0.29, 0.717) is 12.3 Å². The molecular formula is C32H52F2O. The van der Waals surface area contributed by atoms with E-state index in [4.69, 9.17) is 4.74 Å². The van der Waals surface area contributed by atoms with E-state index in [1.807, 2.05) is 0 Å². The van der Waals surface area contributed by atoms with Gasteiger partial charge in [-0.3, -0.25) is 0 Å². The third-order valence-electron chi connectivity index (χ3n) is 6.78. The average Bonchev–Trinajstić information content (AvgIpc) is 2.79. The van der Waals surface area contributed by atoms with Gasteiger partial charge in [0, 0.05) is 17.9 Å². The second-order valence-corrected chi connectivity index (χ2v) is 11.2. The second kappa shape index (κ2) is 18.7. The molecule has 1 nitrogen and oxygen atoms in total. The summed E-state index contributed by atoms with van der Waals surface area (Å²) in [7, 11) is 0. The van der Waals surface area contributed by atoms with E-state index >= 15 is 0 Å². The first-order valence-corrected chi connectivity index (χ1v) is 14.3. The molecule has 0 aromatic heterocycles. The Morgan fingerprint density at radius 1 is 0.800 bits per heavy atom. The van der Waals surface area contributed by atoms with Gasteiger partial charge >= 0.3 is 0 Å². The van der Waals surface area contributed by atoms with Crippen LogP contribution < -0.4 is 4.74 Å². The van der Waals surface area contributed by atoms with Crippen molar-refractivity contribution >= 4 is 0 Å². The lowest BCUT2D eigenvalue weighted by molar-refractivity contribution is 0.133. The molecule has 0 spiro atoms. The standard InChI is InChI=1S/C32H52F2O/c1-6-7-8-9-13-16-19-29(32(3,4)5)23-21-28-22-24-30(27(2)26-28)35-25-18-15-12-10-11-14-17-20-31(33)34/h22,24,26,29,31H,6-20,25H2,1-5H3. The molecule has 0 radical (unpaired) electrons. The average molecular weight is 491 g/mol. The van der Waals surface area contributed by atoms with Crippen molar-refractivity contribution in [2.24, 2.45) is 11.3 Å². The van der Waals surface area contributed by atoms with Crippen molar-refractivity contribution in [2.45, 2.75) is 137 Å². The minimum atomic E-state index is -2.15. The normalized spacial score (nSPS) is 12.5. The zero-order chi connectivity index (χ0) is 25.9. The number of rotatable bonds is 18. The molecule has 1 aromatic carbocycles. The fourth-order valence-electron chi connectivity index (χ4n) is 4.38. The molecule has 0 saturated carbocycles. The van der Waals surface area contributed by atoms with Gasteiger partial charge in [-0.05, 0) is 55.4 Å². The van der Waals surface area contributed by atoms with Crippen LogP contribution >= 0.6 is 0 Å². The summed E-state index contributed by atoms with van der Waals surface area (Å²) in [6, 6.07) is 6.29.